The number of nitrogens with zero attached hydrogens (tertiary/aromatic N) is 1. The highest BCUT2D eigenvalue weighted by Gasteiger charge is 2.14. The molecule has 0 N–H and O–H groups in total. The molecule has 3 aromatic rings. The normalized spacial score (nSPS) is 10.4. The molecule has 2 heterocycles. The van der Waals surface area contributed by atoms with Gasteiger partial charge in [-0.3, -0.25) is 9.59 Å². The van der Waals surface area contributed by atoms with E-state index in [-0.39, 0.29) is 23.6 Å². The highest BCUT2D eigenvalue weighted by molar-refractivity contribution is 5.94. The summed E-state index contributed by atoms with van der Waals surface area (Å²) in [5.74, 6) is 0.0981. The van der Waals surface area contributed by atoms with E-state index in [0.29, 0.717) is 17.1 Å². The van der Waals surface area contributed by atoms with Gasteiger partial charge in [-0.15, -0.1) is 0 Å². The van der Waals surface area contributed by atoms with Crippen molar-refractivity contribution >= 4 is 11.8 Å². The van der Waals surface area contributed by atoms with Crippen LogP contribution in [0.25, 0.3) is 0 Å². The maximum absolute atomic E-state index is 12.1. The van der Waals surface area contributed by atoms with Crippen LogP contribution >= 0.6 is 0 Å². The van der Waals surface area contributed by atoms with Crippen LogP contribution in [0, 0.1) is 0 Å². The van der Waals surface area contributed by atoms with Gasteiger partial charge < -0.3 is 13.7 Å². The van der Waals surface area contributed by atoms with Crippen molar-refractivity contribution in [1.29, 1.82) is 0 Å². The first-order valence-electron chi connectivity index (χ1n) is 7.60. The number of rotatable bonds is 5. The maximum Gasteiger partial charge on any atom is 0.379 e. The Labute approximate surface area is 143 Å². The summed E-state index contributed by atoms with van der Waals surface area (Å²) in [4.78, 5) is 35.0. The van der Waals surface area contributed by atoms with Gasteiger partial charge in [-0.05, 0) is 49.4 Å². The van der Waals surface area contributed by atoms with Gasteiger partial charge in [-0.25, -0.2) is 4.79 Å². The number of hydrogen-bond acceptors (Lipinski definition) is 5. The number of hydrogen-bond donors (Lipinski definition) is 0. The van der Waals surface area contributed by atoms with Crippen LogP contribution < -0.4 is 10.3 Å². The molecule has 0 saturated heterocycles. The zero-order chi connectivity index (χ0) is 17.8. The zero-order valence-corrected chi connectivity index (χ0v) is 13.5. The molecular weight excluding hydrogens is 322 g/mol. The Morgan fingerprint density at radius 1 is 1.04 bits per heavy atom. The van der Waals surface area contributed by atoms with Crippen molar-refractivity contribution in [2.45, 2.75) is 13.5 Å². The van der Waals surface area contributed by atoms with E-state index in [2.05, 4.69) is 0 Å². The molecule has 0 spiro atoms. The van der Waals surface area contributed by atoms with Crippen molar-refractivity contribution < 1.29 is 18.7 Å². The number of ketones is 1. The Bertz CT molecular complexity index is 966. The molecule has 1 aromatic carbocycles. The van der Waals surface area contributed by atoms with Crippen LogP contribution in [0.1, 0.15) is 33.6 Å². The summed E-state index contributed by atoms with van der Waals surface area (Å²) >= 11 is 0. The summed E-state index contributed by atoms with van der Waals surface area (Å²) in [5.41, 5.74) is 0.377. The summed E-state index contributed by atoms with van der Waals surface area (Å²) in [7, 11) is 0. The zero-order valence-electron chi connectivity index (χ0n) is 13.5. The molecule has 6 nitrogen and oxygen atoms in total. The van der Waals surface area contributed by atoms with E-state index >= 15 is 0 Å². The third-order valence-corrected chi connectivity index (χ3v) is 3.56. The smallest absolute Gasteiger partial charge is 0.379 e. The van der Waals surface area contributed by atoms with E-state index in [4.69, 9.17) is 9.15 Å². The minimum absolute atomic E-state index is 0.0367. The quantitative estimate of drug-likeness (QED) is 0.406. The molecule has 6 heteroatoms. The first kappa shape index (κ1) is 16.4. The van der Waals surface area contributed by atoms with Gasteiger partial charge in [0.05, 0.1) is 6.54 Å². The minimum Gasteiger partial charge on any atom is -0.452 e. The summed E-state index contributed by atoms with van der Waals surface area (Å²) in [6, 6.07) is 14.2. The van der Waals surface area contributed by atoms with Crippen molar-refractivity contribution in [2.75, 3.05) is 0 Å². The van der Waals surface area contributed by atoms with Crippen LogP contribution in [0.15, 0.2) is 70.0 Å². The Kier molecular flexibility index (Phi) is 4.61. The second-order valence-corrected chi connectivity index (χ2v) is 5.40. The average Bonchev–Trinajstić information content (AvgIpc) is 3.06. The molecule has 0 amide bonds. The van der Waals surface area contributed by atoms with E-state index in [1.807, 2.05) is 0 Å². The Morgan fingerprint density at radius 3 is 2.48 bits per heavy atom. The van der Waals surface area contributed by atoms with E-state index in [0.717, 1.165) is 0 Å². The van der Waals surface area contributed by atoms with Gasteiger partial charge in [-0.1, -0.05) is 6.07 Å². The van der Waals surface area contributed by atoms with Gasteiger partial charge in [0.25, 0.3) is 5.56 Å². The molecule has 0 bridgehead atoms. The van der Waals surface area contributed by atoms with Crippen LogP contribution in [0.4, 0.5) is 0 Å². The van der Waals surface area contributed by atoms with Crippen molar-refractivity contribution in [1.82, 2.24) is 4.57 Å². The van der Waals surface area contributed by atoms with E-state index in [1.165, 1.54) is 23.6 Å². The fraction of sp³-hybridized carbons (Fsp3) is 0.105. The lowest BCUT2D eigenvalue weighted by Crippen LogP contribution is -2.17. The van der Waals surface area contributed by atoms with Crippen LogP contribution in [-0.2, 0) is 6.54 Å². The molecule has 0 aliphatic rings. The molecular formula is C19H15NO5. The van der Waals surface area contributed by atoms with Crippen molar-refractivity contribution in [3.63, 3.8) is 0 Å². The molecule has 2 aromatic heterocycles. The second kappa shape index (κ2) is 7.00. The van der Waals surface area contributed by atoms with Gasteiger partial charge in [0.15, 0.2) is 5.78 Å². The van der Waals surface area contributed by atoms with Crippen LogP contribution in [-0.4, -0.2) is 16.3 Å². The van der Waals surface area contributed by atoms with Crippen molar-refractivity contribution in [3.05, 3.63) is 88.2 Å². The maximum atomic E-state index is 12.1. The molecule has 0 saturated carbocycles. The summed E-state index contributed by atoms with van der Waals surface area (Å²) in [6.45, 7) is 1.68. The van der Waals surface area contributed by atoms with Crippen LogP contribution in [0.5, 0.6) is 5.75 Å². The predicted octanol–water partition coefficient (Wildman–Crippen LogP) is 2.91. The first-order chi connectivity index (χ1) is 12.0. The molecule has 25 heavy (non-hydrogen) atoms. The average molecular weight is 337 g/mol. The van der Waals surface area contributed by atoms with Gasteiger partial charge in [0.1, 0.15) is 11.5 Å². The standard InChI is InChI=1S/C19H15NO5/c1-13(21)14-5-7-15(8-6-14)25-19(23)17-10-9-16(24-17)12-20-11-3-2-4-18(20)22/h2-11H,12H2,1H3. The van der Waals surface area contributed by atoms with Crippen molar-refractivity contribution in [2.24, 2.45) is 0 Å². The highest BCUT2D eigenvalue weighted by atomic mass is 16.5. The fourth-order valence-electron chi connectivity index (χ4n) is 2.25. The number of Topliss-reactive ketones (excluding diaryl/α,β-unsaturated/α-hetero) is 1. The lowest BCUT2D eigenvalue weighted by Gasteiger charge is -2.03. The van der Waals surface area contributed by atoms with Crippen molar-refractivity contribution in [3.8, 4) is 5.75 Å². The Hall–Kier alpha value is -3.41. The molecule has 0 radical (unpaired) electrons. The van der Waals surface area contributed by atoms with Gasteiger partial charge in [-0.2, -0.15) is 0 Å². The minimum atomic E-state index is -0.651. The van der Waals surface area contributed by atoms with Crippen LogP contribution in [0.2, 0.25) is 0 Å². The molecule has 0 aliphatic carbocycles. The third-order valence-electron chi connectivity index (χ3n) is 3.56. The number of pyridine rings is 1. The third kappa shape index (κ3) is 3.92. The number of carbonyl (C=O) groups is 2. The highest BCUT2D eigenvalue weighted by Crippen LogP contribution is 2.16. The number of benzene rings is 1. The lowest BCUT2D eigenvalue weighted by molar-refractivity contribution is 0.0699. The van der Waals surface area contributed by atoms with E-state index in [1.54, 1.807) is 48.7 Å². The van der Waals surface area contributed by atoms with Gasteiger partial charge in [0.2, 0.25) is 5.76 Å². The Balaban J connectivity index is 1.69. The number of ether oxygens (including phenoxy) is 1. The molecule has 0 fully saturated rings. The van der Waals surface area contributed by atoms with E-state index in [9.17, 15) is 14.4 Å². The summed E-state index contributed by atoms with van der Waals surface area (Å²) < 4.78 is 12.1. The number of furan rings is 1. The van der Waals surface area contributed by atoms with Crippen LogP contribution in [0.3, 0.4) is 0 Å². The number of esters is 1. The van der Waals surface area contributed by atoms with Gasteiger partial charge >= 0.3 is 5.97 Å². The van der Waals surface area contributed by atoms with Gasteiger partial charge in [0, 0.05) is 17.8 Å². The monoisotopic (exact) mass is 337 g/mol. The Morgan fingerprint density at radius 2 is 1.80 bits per heavy atom. The lowest BCUT2D eigenvalue weighted by atomic mass is 10.1. The molecule has 0 atom stereocenters. The molecule has 3 rings (SSSR count). The summed E-state index contributed by atoms with van der Waals surface area (Å²) in [5, 5.41) is 0. The number of aromatic nitrogens is 1. The first-order valence-corrected chi connectivity index (χ1v) is 7.60. The molecule has 126 valence electrons. The predicted molar refractivity (Wildman–Crippen MR) is 89.9 cm³/mol. The summed E-state index contributed by atoms with van der Waals surface area (Å²) in [6.07, 6.45) is 1.64. The fourth-order valence-corrected chi connectivity index (χ4v) is 2.25. The molecule has 0 aliphatic heterocycles. The SMILES string of the molecule is CC(=O)c1ccc(OC(=O)c2ccc(Cn3ccccc3=O)o2)cc1. The second-order valence-electron chi connectivity index (χ2n) is 5.40. The number of carbonyl (C=O) groups excluding carboxylic acids is 2. The molecule has 0 unspecified atom stereocenters. The topological polar surface area (TPSA) is 78.5 Å². The largest absolute Gasteiger partial charge is 0.452 e. The van der Waals surface area contributed by atoms with E-state index < -0.39 is 5.97 Å².